The first-order valence-corrected chi connectivity index (χ1v) is 11.5. The molecule has 0 spiro atoms. The molecule has 0 aliphatic carbocycles. The van der Waals surface area contributed by atoms with E-state index in [9.17, 15) is 13.2 Å². The second kappa shape index (κ2) is 8.93. The molecule has 28 heavy (non-hydrogen) atoms. The first-order chi connectivity index (χ1) is 13.4. The number of nitrogens with zero attached hydrogens (tertiary/aromatic N) is 3. The molecule has 1 aromatic heterocycles. The summed E-state index contributed by atoms with van der Waals surface area (Å²) in [6.45, 7) is 4.81. The maximum atomic E-state index is 12.7. The van der Waals surface area contributed by atoms with Crippen LogP contribution in [0.1, 0.15) is 42.5 Å². The summed E-state index contributed by atoms with van der Waals surface area (Å²) in [5, 5.41) is 6.76. The molecular weight excluding hydrogens is 396 g/mol. The molecule has 7 nitrogen and oxygen atoms in total. The van der Waals surface area contributed by atoms with Crippen molar-refractivity contribution in [1.82, 2.24) is 14.7 Å². The van der Waals surface area contributed by atoms with Crippen molar-refractivity contribution in [2.75, 3.05) is 13.1 Å². The minimum Gasteiger partial charge on any atom is -0.273 e. The second-order valence-corrected chi connectivity index (χ2v) is 9.66. The van der Waals surface area contributed by atoms with E-state index in [1.807, 2.05) is 12.3 Å². The SMILES string of the molecule is C/C(=N/NC(=O)Cc1nc(C)cs1)c1ccc(S(=O)(=O)N2CCCCC2)cc1. The van der Waals surface area contributed by atoms with E-state index in [0.29, 0.717) is 18.8 Å². The van der Waals surface area contributed by atoms with E-state index in [4.69, 9.17) is 0 Å². The van der Waals surface area contributed by atoms with Gasteiger partial charge in [0.1, 0.15) is 5.01 Å². The smallest absolute Gasteiger partial charge is 0.246 e. The van der Waals surface area contributed by atoms with Crippen LogP contribution in [-0.2, 0) is 21.2 Å². The second-order valence-electron chi connectivity index (χ2n) is 6.78. The minimum atomic E-state index is -3.44. The van der Waals surface area contributed by atoms with Crippen LogP contribution < -0.4 is 5.43 Å². The lowest BCUT2D eigenvalue weighted by atomic mass is 10.1. The van der Waals surface area contributed by atoms with Gasteiger partial charge in [-0.3, -0.25) is 4.79 Å². The summed E-state index contributed by atoms with van der Waals surface area (Å²) < 4.78 is 26.9. The van der Waals surface area contributed by atoms with Crippen LogP contribution in [0.15, 0.2) is 39.6 Å². The summed E-state index contributed by atoms with van der Waals surface area (Å²) in [6.07, 6.45) is 3.07. The van der Waals surface area contributed by atoms with Gasteiger partial charge >= 0.3 is 0 Å². The Balaban J connectivity index is 1.63. The quantitative estimate of drug-likeness (QED) is 0.574. The number of carbonyl (C=O) groups is 1. The summed E-state index contributed by atoms with van der Waals surface area (Å²) in [4.78, 5) is 16.5. The number of rotatable bonds is 6. The lowest BCUT2D eigenvalue weighted by Gasteiger charge is -2.25. The van der Waals surface area contributed by atoms with Crippen LogP contribution in [0.5, 0.6) is 0 Å². The van der Waals surface area contributed by atoms with Gasteiger partial charge in [0.2, 0.25) is 15.9 Å². The lowest BCUT2D eigenvalue weighted by Crippen LogP contribution is -2.35. The number of piperidine rings is 1. The number of sulfonamides is 1. The van der Waals surface area contributed by atoms with Gasteiger partial charge < -0.3 is 0 Å². The Labute approximate surface area is 169 Å². The van der Waals surface area contributed by atoms with Crippen molar-refractivity contribution < 1.29 is 13.2 Å². The number of hydrogen-bond acceptors (Lipinski definition) is 6. The van der Waals surface area contributed by atoms with E-state index in [1.54, 1.807) is 35.5 Å². The molecule has 0 bridgehead atoms. The number of benzene rings is 1. The van der Waals surface area contributed by atoms with Crippen LogP contribution >= 0.6 is 11.3 Å². The zero-order valence-electron chi connectivity index (χ0n) is 16.0. The number of hydrogen-bond donors (Lipinski definition) is 1. The third-order valence-corrected chi connectivity index (χ3v) is 7.43. The van der Waals surface area contributed by atoms with Gasteiger partial charge in [0, 0.05) is 24.2 Å². The van der Waals surface area contributed by atoms with Gasteiger partial charge in [0.15, 0.2) is 0 Å². The highest BCUT2D eigenvalue weighted by Crippen LogP contribution is 2.21. The fourth-order valence-electron chi connectivity index (χ4n) is 2.99. The standard InChI is InChI=1S/C19H24N4O3S2/c1-14-13-27-19(20-14)12-18(24)22-21-15(2)16-6-8-17(9-7-16)28(25,26)23-10-4-3-5-11-23/h6-9,13H,3-5,10-12H2,1-2H3,(H,22,24)/b21-15-. The Morgan fingerprint density at radius 1 is 1.21 bits per heavy atom. The van der Waals surface area contributed by atoms with Crippen LogP contribution in [0.2, 0.25) is 0 Å². The van der Waals surface area contributed by atoms with Gasteiger partial charge in [0.25, 0.3) is 0 Å². The van der Waals surface area contributed by atoms with Gasteiger partial charge in [-0.25, -0.2) is 18.8 Å². The first-order valence-electron chi connectivity index (χ1n) is 9.21. The molecule has 2 aromatic rings. The van der Waals surface area contributed by atoms with Crippen LogP contribution in [-0.4, -0.2) is 42.4 Å². The Bertz CT molecular complexity index is 959. The molecule has 2 heterocycles. The number of carbonyl (C=O) groups excluding carboxylic acids is 1. The number of hydrazone groups is 1. The van der Waals surface area contributed by atoms with E-state index in [1.165, 1.54) is 11.3 Å². The highest BCUT2D eigenvalue weighted by Gasteiger charge is 2.25. The lowest BCUT2D eigenvalue weighted by molar-refractivity contribution is -0.120. The molecule has 1 aromatic carbocycles. The predicted octanol–water partition coefficient (Wildman–Crippen LogP) is 2.71. The molecule has 0 radical (unpaired) electrons. The van der Waals surface area contributed by atoms with Gasteiger partial charge in [-0.15, -0.1) is 11.3 Å². The Kier molecular flexibility index (Phi) is 6.58. The molecule has 1 amide bonds. The third-order valence-electron chi connectivity index (χ3n) is 4.55. The third kappa shape index (κ3) is 5.03. The summed E-state index contributed by atoms with van der Waals surface area (Å²) in [6, 6.07) is 6.62. The monoisotopic (exact) mass is 420 g/mol. The number of aryl methyl sites for hydroxylation is 1. The molecular formula is C19H24N4O3S2. The molecule has 1 saturated heterocycles. The molecule has 0 atom stereocenters. The van der Waals surface area contributed by atoms with E-state index in [0.717, 1.165) is 35.5 Å². The van der Waals surface area contributed by atoms with Gasteiger partial charge in [-0.2, -0.15) is 9.41 Å². The molecule has 150 valence electrons. The van der Waals surface area contributed by atoms with Crippen LogP contribution in [0, 0.1) is 6.92 Å². The van der Waals surface area contributed by atoms with E-state index >= 15 is 0 Å². The molecule has 1 fully saturated rings. The van der Waals surface area contributed by atoms with E-state index < -0.39 is 10.0 Å². The van der Waals surface area contributed by atoms with Crippen molar-refractivity contribution in [2.24, 2.45) is 5.10 Å². The number of thiazole rings is 1. The molecule has 1 aliphatic heterocycles. The average Bonchev–Trinajstić information content (AvgIpc) is 3.11. The molecule has 0 unspecified atom stereocenters. The highest BCUT2D eigenvalue weighted by molar-refractivity contribution is 7.89. The van der Waals surface area contributed by atoms with Gasteiger partial charge in [0.05, 0.1) is 17.0 Å². The normalized spacial score (nSPS) is 16.1. The fourth-order valence-corrected chi connectivity index (χ4v) is 5.28. The summed E-state index contributed by atoms with van der Waals surface area (Å²) in [5.74, 6) is -0.238. The highest BCUT2D eigenvalue weighted by atomic mass is 32.2. The molecule has 3 rings (SSSR count). The van der Waals surface area contributed by atoms with Crippen LogP contribution in [0.25, 0.3) is 0 Å². The largest absolute Gasteiger partial charge is 0.273 e. The molecule has 1 N–H and O–H groups in total. The van der Waals surface area contributed by atoms with Crippen LogP contribution in [0.4, 0.5) is 0 Å². The number of nitrogens with one attached hydrogen (secondary N) is 1. The van der Waals surface area contributed by atoms with E-state index in [2.05, 4.69) is 15.5 Å². The van der Waals surface area contributed by atoms with Gasteiger partial charge in [-0.1, -0.05) is 18.6 Å². The zero-order valence-corrected chi connectivity index (χ0v) is 17.6. The van der Waals surface area contributed by atoms with Gasteiger partial charge in [-0.05, 0) is 44.4 Å². The maximum Gasteiger partial charge on any atom is 0.246 e. The maximum absolute atomic E-state index is 12.7. The summed E-state index contributed by atoms with van der Waals surface area (Å²) in [5.41, 5.74) is 4.78. The Morgan fingerprint density at radius 2 is 1.89 bits per heavy atom. The fraction of sp³-hybridized carbons (Fsp3) is 0.421. The summed E-state index contributed by atoms with van der Waals surface area (Å²) >= 11 is 1.44. The number of aromatic nitrogens is 1. The van der Waals surface area contributed by atoms with Crippen molar-refractivity contribution in [3.63, 3.8) is 0 Å². The number of amides is 1. The van der Waals surface area contributed by atoms with Crippen LogP contribution in [0.3, 0.4) is 0 Å². The van der Waals surface area contributed by atoms with E-state index in [-0.39, 0.29) is 17.2 Å². The Hall–Kier alpha value is -2.10. The van der Waals surface area contributed by atoms with Crippen molar-refractivity contribution in [3.8, 4) is 0 Å². The van der Waals surface area contributed by atoms with Crippen molar-refractivity contribution >= 4 is 33.0 Å². The van der Waals surface area contributed by atoms with Crippen molar-refractivity contribution in [3.05, 3.63) is 45.9 Å². The van der Waals surface area contributed by atoms with Crippen molar-refractivity contribution in [2.45, 2.75) is 44.4 Å². The Morgan fingerprint density at radius 3 is 2.50 bits per heavy atom. The van der Waals surface area contributed by atoms with Crippen molar-refractivity contribution in [1.29, 1.82) is 0 Å². The minimum absolute atomic E-state index is 0.183. The first kappa shape index (κ1) is 20.6. The predicted molar refractivity (Wildman–Crippen MR) is 110 cm³/mol. The molecule has 0 saturated carbocycles. The molecule has 9 heteroatoms. The summed E-state index contributed by atoms with van der Waals surface area (Å²) in [7, 11) is -3.44. The topological polar surface area (TPSA) is 91.7 Å². The average molecular weight is 421 g/mol. The zero-order chi connectivity index (χ0) is 20.1. The molecule has 1 aliphatic rings.